The Morgan fingerprint density at radius 2 is 2.12 bits per heavy atom. The van der Waals surface area contributed by atoms with E-state index in [-0.39, 0.29) is 33.0 Å². The minimum absolute atomic E-state index is 0.0708. The van der Waals surface area contributed by atoms with E-state index in [1.165, 1.54) is 12.1 Å². The molecule has 1 unspecified atom stereocenters. The number of phenols is 1. The zero-order valence-electron chi connectivity index (χ0n) is 13.4. The number of piperazine rings is 1. The lowest BCUT2D eigenvalue weighted by atomic mass is 10.0. The molecule has 2 aliphatic heterocycles. The molecule has 2 aromatic rings. The SMILES string of the molecule is Oc1cccc(Cl)c1-c1c(F)cc2c(c1Cl)OCC1CNCCN1C2. The highest BCUT2D eigenvalue weighted by molar-refractivity contribution is 6.37. The van der Waals surface area contributed by atoms with Crippen molar-refractivity contribution >= 4 is 23.2 Å². The van der Waals surface area contributed by atoms with Gasteiger partial charge in [-0.15, -0.1) is 0 Å². The molecule has 25 heavy (non-hydrogen) atoms. The zero-order valence-corrected chi connectivity index (χ0v) is 14.9. The number of ether oxygens (including phenoxy) is 1. The Balaban J connectivity index is 1.84. The normalized spacial score (nSPS) is 20.4. The maximum atomic E-state index is 14.9. The van der Waals surface area contributed by atoms with E-state index in [0.717, 1.165) is 19.6 Å². The maximum Gasteiger partial charge on any atom is 0.143 e. The molecule has 1 fully saturated rings. The first-order valence-electron chi connectivity index (χ1n) is 8.12. The van der Waals surface area contributed by atoms with Gasteiger partial charge in [0, 0.05) is 42.9 Å². The third-order valence-corrected chi connectivity index (χ3v) is 5.43. The van der Waals surface area contributed by atoms with E-state index in [0.29, 0.717) is 24.5 Å². The summed E-state index contributed by atoms with van der Waals surface area (Å²) in [6.07, 6.45) is 0. The molecule has 4 nitrogen and oxygen atoms in total. The average molecular weight is 383 g/mol. The van der Waals surface area contributed by atoms with Gasteiger partial charge in [0.15, 0.2) is 0 Å². The average Bonchev–Trinajstić information content (AvgIpc) is 2.76. The van der Waals surface area contributed by atoms with Crippen LogP contribution in [-0.4, -0.2) is 42.3 Å². The molecule has 2 N–H and O–H groups in total. The van der Waals surface area contributed by atoms with Crippen molar-refractivity contribution in [3.8, 4) is 22.6 Å². The Morgan fingerprint density at radius 3 is 2.92 bits per heavy atom. The van der Waals surface area contributed by atoms with E-state index < -0.39 is 5.82 Å². The standard InChI is InChI=1S/C18H17Cl2FN2O2/c19-12-2-1-3-14(24)15(12)16-13(21)6-10-8-23-5-4-22-7-11(23)9-25-18(10)17(16)20/h1-3,6,11,22,24H,4-5,7-9H2. The van der Waals surface area contributed by atoms with Crippen LogP contribution >= 0.6 is 23.2 Å². The van der Waals surface area contributed by atoms with E-state index in [2.05, 4.69) is 10.2 Å². The van der Waals surface area contributed by atoms with Gasteiger partial charge >= 0.3 is 0 Å². The van der Waals surface area contributed by atoms with Crippen LogP contribution in [0.5, 0.6) is 11.5 Å². The number of hydrogen-bond acceptors (Lipinski definition) is 4. The van der Waals surface area contributed by atoms with E-state index in [9.17, 15) is 9.50 Å². The van der Waals surface area contributed by atoms with E-state index >= 15 is 0 Å². The molecule has 1 saturated heterocycles. The number of rotatable bonds is 1. The summed E-state index contributed by atoms with van der Waals surface area (Å²) in [7, 11) is 0. The lowest BCUT2D eigenvalue weighted by Gasteiger charge is -2.33. The number of fused-ring (bicyclic) bond motifs is 2. The second kappa shape index (κ2) is 6.65. The molecule has 1 atom stereocenters. The van der Waals surface area contributed by atoms with Crippen LogP contribution in [-0.2, 0) is 6.54 Å². The quantitative estimate of drug-likeness (QED) is 0.789. The van der Waals surface area contributed by atoms with Crippen LogP contribution in [0.1, 0.15) is 5.56 Å². The van der Waals surface area contributed by atoms with Gasteiger partial charge in [-0.3, -0.25) is 4.90 Å². The van der Waals surface area contributed by atoms with Crippen molar-refractivity contribution in [1.82, 2.24) is 10.2 Å². The summed E-state index contributed by atoms with van der Waals surface area (Å²) in [5.41, 5.74) is 0.963. The highest BCUT2D eigenvalue weighted by Gasteiger charge is 2.31. The van der Waals surface area contributed by atoms with Gasteiger partial charge in [0.2, 0.25) is 0 Å². The summed E-state index contributed by atoms with van der Waals surface area (Å²) in [6.45, 7) is 3.64. The molecule has 132 valence electrons. The summed E-state index contributed by atoms with van der Waals surface area (Å²) < 4.78 is 20.8. The fourth-order valence-corrected chi connectivity index (χ4v) is 4.11. The molecule has 2 aromatic carbocycles. The molecule has 0 aromatic heterocycles. The van der Waals surface area contributed by atoms with Gasteiger partial charge in [-0.1, -0.05) is 29.3 Å². The molecule has 2 heterocycles. The molecule has 0 radical (unpaired) electrons. The lowest BCUT2D eigenvalue weighted by Crippen LogP contribution is -2.52. The second-order valence-corrected chi connectivity index (χ2v) is 7.09. The minimum Gasteiger partial charge on any atom is -0.507 e. The van der Waals surface area contributed by atoms with Gasteiger partial charge in [-0.25, -0.2) is 4.39 Å². The Bertz CT molecular complexity index is 811. The molecule has 2 aliphatic rings. The Labute approximate surface area is 155 Å². The van der Waals surface area contributed by atoms with Crippen molar-refractivity contribution in [2.75, 3.05) is 26.2 Å². The van der Waals surface area contributed by atoms with E-state index in [1.54, 1.807) is 12.1 Å². The molecule has 0 aliphatic carbocycles. The summed E-state index contributed by atoms with van der Waals surface area (Å²) >= 11 is 12.7. The first kappa shape index (κ1) is 16.9. The van der Waals surface area contributed by atoms with Crippen molar-refractivity contribution in [1.29, 1.82) is 0 Å². The monoisotopic (exact) mass is 382 g/mol. The van der Waals surface area contributed by atoms with Crippen LogP contribution in [0, 0.1) is 5.82 Å². The van der Waals surface area contributed by atoms with Crippen LogP contribution in [0.15, 0.2) is 24.3 Å². The molecular weight excluding hydrogens is 366 g/mol. The second-order valence-electron chi connectivity index (χ2n) is 6.31. The highest BCUT2D eigenvalue weighted by Crippen LogP contribution is 2.46. The number of aromatic hydroxyl groups is 1. The molecule has 0 amide bonds. The van der Waals surface area contributed by atoms with Gasteiger partial charge in [-0.2, -0.15) is 0 Å². The first-order valence-corrected chi connectivity index (χ1v) is 8.88. The summed E-state index contributed by atoms with van der Waals surface area (Å²) in [6, 6.07) is 6.29. The predicted molar refractivity (Wildman–Crippen MR) is 96.1 cm³/mol. The van der Waals surface area contributed by atoms with Crippen LogP contribution < -0.4 is 10.1 Å². The molecule has 0 spiro atoms. The number of halogens is 3. The fraction of sp³-hybridized carbons (Fsp3) is 0.333. The number of nitrogens with zero attached hydrogens (tertiary/aromatic N) is 1. The minimum atomic E-state index is -0.524. The maximum absolute atomic E-state index is 14.9. The summed E-state index contributed by atoms with van der Waals surface area (Å²) in [5, 5.41) is 13.9. The smallest absolute Gasteiger partial charge is 0.143 e. The molecule has 4 rings (SSSR count). The van der Waals surface area contributed by atoms with Crippen molar-refractivity contribution in [3.05, 3.63) is 45.7 Å². The predicted octanol–water partition coefficient (Wildman–Crippen LogP) is 3.67. The summed E-state index contributed by atoms with van der Waals surface area (Å²) in [4.78, 5) is 2.27. The van der Waals surface area contributed by atoms with E-state index in [1.807, 2.05) is 0 Å². The highest BCUT2D eigenvalue weighted by atomic mass is 35.5. The lowest BCUT2D eigenvalue weighted by molar-refractivity contribution is 0.120. The molecule has 0 saturated carbocycles. The number of hydrogen-bond donors (Lipinski definition) is 2. The van der Waals surface area contributed by atoms with Crippen molar-refractivity contribution in [2.45, 2.75) is 12.6 Å². The third kappa shape index (κ3) is 2.95. The number of benzene rings is 2. The van der Waals surface area contributed by atoms with Crippen molar-refractivity contribution < 1.29 is 14.2 Å². The molecular formula is C18H17Cl2FN2O2. The number of nitrogens with one attached hydrogen (secondary N) is 1. The van der Waals surface area contributed by atoms with Gasteiger partial charge in [-0.05, 0) is 18.2 Å². The van der Waals surface area contributed by atoms with Crippen LogP contribution in [0.3, 0.4) is 0 Å². The van der Waals surface area contributed by atoms with Crippen LogP contribution in [0.4, 0.5) is 4.39 Å². The van der Waals surface area contributed by atoms with Gasteiger partial charge in [0.25, 0.3) is 0 Å². The van der Waals surface area contributed by atoms with E-state index in [4.69, 9.17) is 27.9 Å². The van der Waals surface area contributed by atoms with Crippen molar-refractivity contribution in [2.24, 2.45) is 0 Å². The molecule has 7 heteroatoms. The Kier molecular flexibility index (Phi) is 4.50. The Hall–Kier alpha value is -1.53. The van der Waals surface area contributed by atoms with Gasteiger partial charge < -0.3 is 15.2 Å². The molecule has 0 bridgehead atoms. The largest absolute Gasteiger partial charge is 0.507 e. The Morgan fingerprint density at radius 1 is 1.28 bits per heavy atom. The fourth-order valence-electron chi connectivity index (χ4n) is 3.49. The van der Waals surface area contributed by atoms with Gasteiger partial charge in [0.05, 0.1) is 16.1 Å². The van der Waals surface area contributed by atoms with Gasteiger partial charge in [0.1, 0.15) is 23.9 Å². The summed E-state index contributed by atoms with van der Waals surface area (Å²) in [5.74, 6) is -0.181. The van der Waals surface area contributed by atoms with Crippen LogP contribution in [0.2, 0.25) is 10.0 Å². The zero-order chi connectivity index (χ0) is 17.6. The van der Waals surface area contributed by atoms with Crippen molar-refractivity contribution in [3.63, 3.8) is 0 Å². The topological polar surface area (TPSA) is 44.7 Å². The third-order valence-electron chi connectivity index (χ3n) is 4.76. The number of phenolic OH excluding ortho intramolecular Hbond substituents is 1. The van der Waals surface area contributed by atoms with Crippen LogP contribution in [0.25, 0.3) is 11.1 Å². The first-order chi connectivity index (χ1) is 12.1.